The second-order valence-corrected chi connectivity index (χ2v) is 8.33. The monoisotopic (exact) mass is 497 g/mol. The molecule has 0 bridgehead atoms. The molecule has 3 aromatic carbocycles. The Balaban J connectivity index is 0.000000886. The largest absolute Gasteiger partial charge is 0.457 e. The smallest absolute Gasteiger partial charge is 0.339 e. The first kappa shape index (κ1) is 27.1. The third-order valence-corrected chi connectivity index (χ3v) is 5.61. The van der Waals surface area contributed by atoms with Gasteiger partial charge in [0.1, 0.15) is 23.0 Å². The fourth-order valence-electron chi connectivity index (χ4n) is 3.65. The minimum atomic E-state index is -0.300. The molecule has 1 aromatic heterocycles. The molecule has 0 atom stereocenters. The van der Waals surface area contributed by atoms with Gasteiger partial charge in [0, 0.05) is 12.7 Å². The van der Waals surface area contributed by atoms with E-state index in [4.69, 9.17) is 10.1 Å². The van der Waals surface area contributed by atoms with Crippen LogP contribution in [0.5, 0.6) is 11.5 Å². The standard InChI is InChI=1S/C26H25N5O2.C4H10/c1-4-29-25-24(18(2)27)30(26(32)31(25)21-10-8-9-19(17-21)28-3)20-13-15-23(16-14-20)33-22-11-6-5-7-12-22;1-3-4-2/h4-17,27-29H,1H2,2-3H3;3-4H2,1-2H3. The predicted molar refractivity (Wildman–Crippen MR) is 154 cm³/mol. The van der Waals surface area contributed by atoms with E-state index in [9.17, 15) is 4.79 Å². The van der Waals surface area contributed by atoms with E-state index in [0.717, 1.165) is 11.4 Å². The van der Waals surface area contributed by atoms with Crippen molar-refractivity contribution in [3.05, 3.63) is 108 Å². The molecule has 0 saturated heterocycles. The first-order valence-corrected chi connectivity index (χ1v) is 12.4. The van der Waals surface area contributed by atoms with E-state index in [1.165, 1.54) is 23.6 Å². The van der Waals surface area contributed by atoms with E-state index >= 15 is 0 Å². The lowest BCUT2D eigenvalue weighted by atomic mass is 10.2. The Bertz CT molecular complexity index is 1380. The van der Waals surface area contributed by atoms with Crippen LogP contribution in [0.25, 0.3) is 11.4 Å². The maximum atomic E-state index is 13.7. The molecule has 0 aliphatic carbocycles. The lowest BCUT2D eigenvalue weighted by Crippen LogP contribution is -2.23. The van der Waals surface area contributed by atoms with E-state index in [-0.39, 0.29) is 11.4 Å². The number of imidazole rings is 1. The van der Waals surface area contributed by atoms with Gasteiger partial charge in [-0.2, -0.15) is 0 Å². The van der Waals surface area contributed by atoms with Crippen molar-refractivity contribution in [3.8, 4) is 22.9 Å². The van der Waals surface area contributed by atoms with Crippen LogP contribution >= 0.6 is 0 Å². The van der Waals surface area contributed by atoms with Gasteiger partial charge in [0.2, 0.25) is 0 Å². The quantitative estimate of drug-likeness (QED) is 0.213. The van der Waals surface area contributed by atoms with Crippen molar-refractivity contribution in [2.75, 3.05) is 17.7 Å². The highest BCUT2D eigenvalue weighted by molar-refractivity contribution is 6.00. The summed E-state index contributed by atoms with van der Waals surface area (Å²) in [4.78, 5) is 13.7. The third-order valence-electron chi connectivity index (χ3n) is 5.61. The molecule has 7 heteroatoms. The number of rotatable bonds is 9. The second kappa shape index (κ2) is 13.0. The SMILES string of the molecule is C=CNc1c(C(C)=N)n(-c2ccc(Oc3ccccc3)cc2)c(=O)n1-c1cccc(NC)c1.CCCC. The molecular weight excluding hydrogens is 462 g/mol. The summed E-state index contributed by atoms with van der Waals surface area (Å²) < 4.78 is 8.94. The highest BCUT2D eigenvalue weighted by Crippen LogP contribution is 2.27. The zero-order valence-electron chi connectivity index (χ0n) is 21.9. The number of unbranched alkanes of at least 4 members (excludes halogenated alkanes) is 1. The normalized spacial score (nSPS) is 10.2. The van der Waals surface area contributed by atoms with Crippen molar-refractivity contribution >= 4 is 17.2 Å². The maximum Gasteiger partial charge on any atom is 0.339 e. The van der Waals surface area contributed by atoms with Crippen molar-refractivity contribution in [2.24, 2.45) is 0 Å². The summed E-state index contributed by atoms with van der Waals surface area (Å²) in [6.45, 7) is 9.77. The van der Waals surface area contributed by atoms with Crippen LogP contribution in [-0.4, -0.2) is 21.9 Å². The molecule has 0 aliphatic heterocycles. The van der Waals surface area contributed by atoms with Crippen LogP contribution in [-0.2, 0) is 0 Å². The van der Waals surface area contributed by atoms with Gasteiger partial charge in [-0.15, -0.1) is 0 Å². The van der Waals surface area contributed by atoms with E-state index in [2.05, 4.69) is 31.1 Å². The second-order valence-electron chi connectivity index (χ2n) is 8.33. The van der Waals surface area contributed by atoms with Crippen LogP contribution in [0, 0.1) is 5.41 Å². The summed E-state index contributed by atoms with van der Waals surface area (Å²) in [7, 11) is 1.82. The molecule has 0 spiro atoms. The van der Waals surface area contributed by atoms with Gasteiger partial charge < -0.3 is 20.8 Å². The molecule has 4 aromatic rings. The van der Waals surface area contributed by atoms with E-state index in [1.54, 1.807) is 35.8 Å². The van der Waals surface area contributed by atoms with Gasteiger partial charge in [0.15, 0.2) is 0 Å². The molecule has 37 heavy (non-hydrogen) atoms. The molecule has 0 amide bonds. The van der Waals surface area contributed by atoms with Crippen LogP contribution in [0.2, 0.25) is 0 Å². The molecule has 0 radical (unpaired) electrons. The van der Waals surface area contributed by atoms with Crippen molar-refractivity contribution in [2.45, 2.75) is 33.6 Å². The number of benzene rings is 3. The summed E-state index contributed by atoms with van der Waals surface area (Å²) in [5.74, 6) is 1.85. The fourth-order valence-corrected chi connectivity index (χ4v) is 3.65. The van der Waals surface area contributed by atoms with Crippen molar-refractivity contribution in [3.63, 3.8) is 0 Å². The Kier molecular flexibility index (Phi) is 9.49. The Morgan fingerprint density at radius 3 is 2.14 bits per heavy atom. The molecule has 192 valence electrons. The van der Waals surface area contributed by atoms with Crippen LogP contribution in [0.4, 0.5) is 11.5 Å². The summed E-state index contributed by atoms with van der Waals surface area (Å²) in [5, 5.41) is 14.6. The predicted octanol–water partition coefficient (Wildman–Crippen LogP) is 7.21. The first-order chi connectivity index (χ1) is 17.9. The fraction of sp³-hybridized carbons (Fsp3) is 0.200. The van der Waals surface area contributed by atoms with Crippen molar-refractivity contribution < 1.29 is 4.74 Å². The molecule has 1 heterocycles. The van der Waals surface area contributed by atoms with Crippen LogP contribution in [0.15, 0.2) is 96.4 Å². The Labute approximate surface area is 218 Å². The van der Waals surface area contributed by atoms with Gasteiger partial charge in [-0.05, 0) is 67.7 Å². The minimum absolute atomic E-state index is 0.240. The number of nitrogens with zero attached hydrogens (tertiary/aromatic N) is 2. The molecule has 0 fully saturated rings. The Hall–Kier alpha value is -4.52. The summed E-state index contributed by atoms with van der Waals surface area (Å²) in [6.07, 6.45) is 4.14. The highest BCUT2D eigenvalue weighted by Gasteiger charge is 2.23. The average molecular weight is 498 g/mol. The van der Waals surface area contributed by atoms with Crippen LogP contribution in [0.1, 0.15) is 39.3 Å². The topological polar surface area (TPSA) is 84.1 Å². The third kappa shape index (κ3) is 6.38. The molecule has 3 N–H and O–H groups in total. The number of ether oxygens (including phenoxy) is 1. The van der Waals surface area contributed by atoms with E-state index < -0.39 is 0 Å². The van der Waals surface area contributed by atoms with Crippen molar-refractivity contribution in [1.29, 1.82) is 5.41 Å². The molecule has 0 aliphatic rings. The summed E-state index contributed by atoms with van der Waals surface area (Å²) >= 11 is 0. The number of aromatic nitrogens is 2. The maximum absolute atomic E-state index is 13.7. The lowest BCUT2D eigenvalue weighted by molar-refractivity contribution is 0.482. The molecule has 4 rings (SSSR count). The van der Waals surface area contributed by atoms with Crippen molar-refractivity contribution in [1.82, 2.24) is 9.13 Å². The molecule has 0 unspecified atom stereocenters. The number of hydrogen-bond donors (Lipinski definition) is 3. The number of hydrogen-bond acceptors (Lipinski definition) is 5. The highest BCUT2D eigenvalue weighted by atomic mass is 16.5. The number of para-hydroxylation sites is 1. The Morgan fingerprint density at radius 2 is 1.57 bits per heavy atom. The number of nitrogens with one attached hydrogen (secondary N) is 3. The van der Waals surface area contributed by atoms with Gasteiger partial charge in [0.05, 0.1) is 17.1 Å². The average Bonchev–Trinajstić information content (AvgIpc) is 3.22. The number of anilines is 2. The lowest BCUT2D eigenvalue weighted by Gasteiger charge is -2.11. The zero-order valence-corrected chi connectivity index (χ0v) is 21.9. The van der Waals surface area contributed by atoms with Gasteiger partial charge in [-0.25, -0.2) is 9.36 Å². The van der Waals surface area contributed by atoms with Gasteiger partial charge in [-0.1, -0.05) is 57.5 Å². The first-order valence-electron chi connectivity index (χ1n) is 12.4. The minimum Gasteiger partial charge on any atom is -0.457 e. The molecule has 0 saturated carbocycles. The Morgan fingerprint density at radius 1 is 0.919 bits per heavy atom. The molecular formula is C30H35N5O2. The van der Waals surface area contributed by atoms with E-state index in [0.29, 0.717) is 28.6 Å². The van der Waals surface area contributed by atoms with Gasteiger partial charge in [-0.3, -0.25) is 4.57 Å². The van der Waals surface area contributed by atoms with Crippen LogP contribution < -0.4 is 21.1 Å². The zero-order chi connectivity index (χ0) is 26.8. The van der Waals surface area contributed by atoms with E-state index in [1.807, 2.05) is 61.6 Å². The summed E-state index contributed by atoms with van der Waals surface area (Å²) in [5.41, 5.74) is 2.55. The summed E-state index contributed by atoms with van der Waals surface area (Å²) in [6, 6.07) is 24.2. The molecule has 7 nitrogen and oxygen atoms in total. The van der Waals surface area contributed by atoms with Crippen LogP contribution in [0.3, 0.4) is 0 Å². The van der Waals surface area contributed by atoms with Gasteiger partial charge in [0.25, 0.3) is 0 Å². The van der Waals surface area contributed by atoms with Gasteiger partial charge >= 0.3 is 5.69 Å².